The summed E-state index contributed by atoms with van der Waals surface area (Å²) in [6, 6.07) is 3.55. The number of anilines is 1. The molecule has 1 aromatic rings. The first kappa shape index (κ1) is 13.5. The van der Waals surface area contributed by atoms with Crippen molar-refractivity contribution in [1.82, 2.24) is 0 Å². The molecule has 0 bridgehead atoms. The Bertz CT molecular complexity index is 448. The van der Waals surface area contributed by atoms with Crippen LogP contribution in [0.25, 0.3) is 0 Å². The van der Waals surface area contributed by atoms with Crippen molar-refractivity contribution >= 4 is 29.2 Å². The normalized spacial score (nSPS) is 11.9. The molecule has 0 aliphatic rings. The molecule has 1 unspecified atom stereocenters. The predicted molar refractivity (Wildman–Crippen MR) is 65.3 cm³/mol. The Kier molecular flexibility index (Phi) is 4.48. The van der Waals surface area contributed by atoms with Gasteiger partial charge in [0.1, 0.15) is 0 Å². The van der Waals surface area contributed by atoms with Crippen LogP contribution in [-0.4, -0.2) is 23.0 Å². The minimum absolute atomic E-state index is 0.0610. The van der Waals surface area contributed by atoms with Crippen LogP contribution in [0.1, 0.15) is 23.7 Å². The zero-order valence-corrected chi connectivity index (χ0v) is 9.99. The van der Waals surface area contributed by atoms with Gasteiger partial charge in [0.15, 0.2) is 0 Å². The summed E-state index contributed by atoms with van der Waals surface area (Å²) in [7, 11) is 0. The quantitative estimate of drug-likeness (QED) is 0.765. The van der Waals surface area contributed by atoms with Gasteiger partial charge in [0.2, 0.25) is 5.91 Å². The topological polar surface area (TPSA) is 92.4 Å². The van der Waals surface area contributed by atoms with Gasteiger partial charge in [-0.1, -0.05) is 18.5 Å². The number of hydrogen-bond acceptors (Lipinski definition) is 3. The molecule has 1 atom stereocenters. The lowest BCUT2D eigenvalue weighted by molar-refractivity contribution is -0.117. The van der Waals surface area contributed by atoms with E-state index in [2.05, 4.69) is 5.32 Å². The summed E-state index contributed by atoms with van der Waals surface area (Å²) in [4.78, 5) is 22.5. The lowest BCUT2D eigenvalue weighted by Gasteiger charge is -2.12. The first-order valence-electron chi connectivity index (χ1n) is 5.05. The van der Waals surface area contributed by atoms with Gasteiger partial charge < -0.3 is 16.2 Å². The summed E-state index contributed by atoms with van der Waals surface area (Å²) < 4.78 is 0. The van der Waals surface area contributed by atoms with Crippen molar-refractivity contribution in [3.63, 3.8) is 0 Å². The van der Waals surface area contributed by atoms with Gasteiger partial charge in [-0.15, -0.1) is 0 Å². The van der Waals surface area contributed by atoms with E-state index in [-0.39, 0.29) is 11.3 Å². The van der Waals surface area contributed by atoms with E-state index in [1.165, 1.54) is 18.2 Å². The largest absolute Gasteiger partial charge is 0.478 e. The molecule has 0 aromatic heterocycles. The van der Waals surface area contributed by atoms with Crippen molar-refractivity contribution in [1.29, 1.82) is 0 Å². The highest BCUT2D eigenvalue weighted by atomic mass is 35.5. The van der Waals surface area contributed by atoms with Gasteiger partial charge in [0.05, 0.1) is 17.3 Å². The summed E-state index contributed by atoms with van der Waals surface area (Å²) in [6.07, 6.45) is 0.474. The van der Waals surface area contributed by atoms with Crippen molar-refractivity contribution in [2.45, 2.75) is 19.4 Å². The number of hydrogen-bond donors (Lipinski definition) is 3. The number of amides is 1. The molecule has 0 radical (unpaired) electrons. The summed E-state index contributed by atoms with van der Waals surface area (Å²) in [5, 5.41) is 11.7. The summed E-state index contributed by atoms with van der Waals surface area (Å²) in [6.45, 7) is 1.77. The molecule has 0 saturated heterocycles. The minimum Gasteiger partial charge on any atom is -0.478 e. The molecule has 6 heteroatoms. The van der Waals surface area contributed by atoms with Crippen molar-refractivity contribution in [2.75, 3.05) is 5.32 Å². The SMILES string of the molecule is CCC(N)C(=O)Nc1ccc(Cl)cc1C(=O)O. The van der Waals surface area contributed by atoms with E-state index in [0.717, 1.165) is 0 Å². The fraction of sp³-hybridized carbons (Fsp3) is 0.273. The first-order chi connectivity index (χ1) is 7.95. The number of carbonyl (C=O) groups is 2. The third-order valence-corrected chi connectivity index (χ3v) is 2.48. The van der Waals surface area contributed by atoms with E-state index < -0.39 is 17.9 Å². The Morgan fingerprint density at radius 1 is 1.53 bits per heavy atom. The summed E-state index contributed by atoms with van der Waals surface area (Å²) >= 11 is 5.69. The highest BCUT2D eigenvalue weighted by molar-refractivity contribution is 6.31. The molecular formula is C11H13ClN2O3. The summed E-state index contributed by atoms with van der Waals surface area (Å²) in [5.41, 5.74) is 5.66. The van der Waals surface area contributed by atoms with E-state index in [9.17, 15) is 9.59 Å². The van der Waals surface area contributed by atoms with E-state index >= 15 is 0 Å². The average Bonchev–Trinajstić information content (AvgIpc) is 2.29. The van der Waals surface area contributed by atoms with Crippen molar-refractivity contribution in [3.8, 4) is 0 Å². The van der Waals surface area contributed by atoms with E-state index in [0.29, 0.717) is 11.4 Å². The molecule has 0 aliphatic carbocycles. The van der Waals surface area contributed by atoms with E-state index in [1.54, 1.807) is 6.92 Å². The Labute approximate surface area is 104 Å². The first-order valence-corrected chi connectivity index (χ1v) is 5.42. The average molecular weight is 257 g/mol. The molecule has 17 heavy (non-hydrogen) atoms. The maximum Gasteiger partial charge on any atom is 0.337 e. The number of rotatable bonds is 4. The highest BCUT2D eigenvalue weighted by Crippen LogP contribution is 2.20. The van der Waals surface area contributed by atoms with Crippen LogP contribution in [0.2, 0.25) is 5.02 Å². The number of halogens is 1. The number of carboxylic acid groups (broad SMARTS) is 1. The standard InChI is InChI=1S/C11H13ClN2O3/c1-2-8(13)10(15)14-9-4-3-6(12)5-7(9)11(16)17/h3-5,8H,2,13H2,1H3,(H,14,15)(H,16,17). The van der Waals surface area contributed by atoms with E-state index in [4.69, 9.17) is 22.4 Å². The molecule has 4 N–H and O–H groups in total. The fourth-order valence-corrected chi connectivity index (χ4v) is 1.39. The number of carboxylic acids is 1. The zero-order valence-electron chi connectivity index (χ0n) is 9.24. The molecule has 92 valence electrons. The maximum absolute atomic E-state index is 11.5. The van der Waals surface area contributed by atoms with Crippen LogP contribution >= 0.6 is 11.6 Å². The van der Waals surface area contributed by atoms with Crippen LogP contribution in [0.5, 0.6) is 0 Å². The van der Waals surface area contributed by atoms with Crippen LogP contribution in [0.15, 0.2) is 18.2 Å². The van der Waals surface area contributed by atoms with Gasteiger partial charge in [-0.2, -0.15) is 0 Å². The fourth-order valence-electron chi connectivity index (χ4n) is 1.21. The summed E-state index contributed by atoms with van der Waals surface area (Å²) in [5.74, 6) is -1.58. The second-order valence-electron chi connectivity index (χ2n) is 3.50. The zero-order chi connectivity index (χ0) is 13.0. The van der Waals surface area contributed by atoms with Gasteiger partial charge in [-0.3, -0.25) is 4.79 Å². The van der Waals surface area contributed by atoms with Gasteiger partial charge in [0, 0.05) is 5.02 Å². The van der Waals surface area contributed by atoms with Gasteiger partial charge in [-0.25, -0.2) is 4.79 Å². The second-order valence-corrected chi connectivity index (χ2v) is 3.94. The third-order valence-electron chi connectivity index (χ3n) is 2.25. The minimum atomic E-state index is -1.16. The van der Waals surface area contributed by atoms with Crippen molar-refractivity contribution < 1.29 is 14.7 Å². The van der Waals surface area contributed by atoms with Crippen molar-refractivity contribution in [2.24, 2.45) is 5.73 Å². The molecule has 0 saturated carbocycles. The van der Waals surface area contributed by atoms with E-state index in [1.807, 2.05) is 0 Å². The Morgan fingerprint density at radius 2 is 2.18 bits per heavy atom. The third kappa shape index (κ3) is 3.44. The van der Waals surface area contributed by atoms with Gasteiger partial charge in [-0.05, 0) is 24.6 Å². The number of benzene rings is 1. The smallest absolute Gasteiger partial charge is 0.337 e. The van der Waals surface area contributed by atoms with Crippen molar-refractivity contribution in [3.05, 3.63) is 28.8 Å². The van der Waals surface area contributed by atoms with Crippen LogP contribution < -0.4 is 11.1 Å². The molecule has 0 spiro atoms. The van der Waals surface area contributed by atoms with Crippen LogP contribution in [0.3, 0.4) is 0 Å². The molecule has 5 nitrogen and oxygen atoms in total. The van der Waals surface area contributed by atoms with Crippen LogP contribution in [-0.2, 0) is 4.79 Å². The van der Waals surface area contributed by atoms with Crippen LogP contribution in [0.4, 0.5) is 5.69 Å². The molecule has 0 fully saturated rings. The Hall–Kier alpha value is -1.59. The predicted octanol–water partition coefficient (Wildman–Crippen LogP) is 1.71. The molecular weight excluding hydrogens is 244 g/mol. The molecule has 0 heterocycles. The maximum atomic E-state index is 11.5. The number of nitrogens with one attached hydrogen (secondary N) is 1. The Balaban J connectivity index is 2.98. The second kappa shape index (κ2) is 5.65. The molecule has 1 aromatic carbocycles. The Morgan fingerprint density at radius 3 is 2.71 bits per heavy atom. The molecule has 1 rings (SSSR count). The molecule has 0 aliphatic heterocycles. The number of carbonyl (C=O) groups excluding carboxylic acids is 1. The molecule has 1 amide bonds. The number of nitrogens with two attached hydrogens (primary N) is 1. The lowest BCUT2D eigenvalue weighted by Crippen LogP contribution is -2.35. The monoisotopic (exact) mass is 256 g/mol. The number of aromatic carboxylic acids is 1. The van der Waals surface area contributed by atoms with Gasteiger partial charge >= 0.3 is 5.97 Å². The van der Waals surface area contributed by atoms with Gasteiger partial charge in [0.25, 0.3) is 0 Å². The lowest BCUT2D eigenvalue weighted by atomic mass is 10.1. The van der Waals surface area contributed by atoms with Crippen LogP contribution in [0, 0.1) is 0 Å². The highest BCUT2D eigenvalue weighted by Gasteiger charge is 2.16.